The number of hydrogen-bond acceptors (Lipinski definition) is 0. The Bertz CT molecular complexity index is 1290. The molecule has 5 aromatic rings. The average Bonchev–Trinajstić information content (AvgIpc) is 2.94. The first-order valence-corrected chi connectivity index (χ1v) is 9.21. The number of rotatable bonds is 1. The Kier molecular flexibility index (Phi) is 3.53. The molecule has 0 N–H and O–H groups in total. The molecule has 0 aliphatic rings. The molecule has 0 fully saturated rings. The summed E-state index contributed by atoms with van der Waals surface area (Å²) in [5.41, 5.74) is 6.61. The first kappa shape index (κ1) is 16.5. The average molecular weight is 600 g/mol. The summed E-state index contributed by atoms with van der Waals surface area (Å²) in [6, 6.07) is 26.9. The van der Waals surface area contributed by atoms with Gasteiger partial charge in [0.25, 0.3) is 0 Å². The molecule has 128 valence electrons. The molecular weight excluding hydrogens is 579 g/mol. The number of fused-ring (bicyclic) bond motifs is 5. The molecule has 0 unspecified atom stereocenters. The van der Waals surface area contributed by atoms with E-state index in [1.165, 1.54) is 60.1 Å². The SMILES string of the molecule is Cc1ccc(-c2cc3c(c4ccccc24)c2ccc(C)cc2[c-]3C)cc1.[Rf]. The Labute approximate surface area is 154 Å². The third-order valence-electron chi connectivity index (χ3n) is 5.66. The maximum Gasteiger partial charge on any atom is 0 e. The fourth-order valence-corrected chi connectivity index (χ4v) is 4.26. The molecule has 0 bridgehead atoms. The number of hydrogen-bond donors (Lipinski definition) is 0. The van der Waals surface area contributed by atoms with Crippen molar-refractivity contribution in [2.45, 2.75) is 20.8 Å². The van der Waals surface area contributed by atoms with Crippen molar-refractivity contribution >= 4 is 32.3 Å². The van der Waals surface area contributed by atoms with Crippen LogP contribution in [-0.2, 0) is 0 Å². The minimum Gasteiger partial charge on any atom is -0.120 e. The summed E-state index contributed by atoms with van der Waals surface area (Å²) in [5.74, 6) is 0. The molecule has 0 saturated carbocycles. The van der Waals surface area contributed by atoms with Crippen LogP contribution in [0.25, 0.3) is 43.4 Å². The molecule has 5 rings (SSSR count). The monoisotopic (exact) mass is 600 g/mol. The van der Waals surface area contributed by atoms with Gasteiger partial charge in [-0.1, -0.05) is 84.1 Å². The second-order valence-electron chi connectivity index (χ2n) is 7.43. The van der Waals surface area contributed by atoms with Crippen LogP contribution in [0, 0.1) is 20.8 Å². The smallest absolute Gasteiger partial charge is 0 e. The minimum absolute atomic E-state index is 0. The van der Waals surface area contributed by atoms with E-state index in [-0.39, 0.29) is 0 Å². The van der Waals surface area contributed by atoms with Crippen molar-refractivity contribution in [1.29, 1.82) is 0 Å². The van der Waals surface area contributed by atoms with Gasteiger partial charge in [0, 0.05) is 0 Å². The topological polar surface area (TPSA) is 0 Å². The van der Waals surface area contributed by atoms with Crippen LogP contribution in [0.1, 0.15) is 16.7 Å². The van der Waals surface area contributed by atoms with Crippen molar-refractivity contribution < 1.29 is 0 Å². The fraction of sp³-hybridized carbons (Fsp3) is 0.115. The predicted molar refractivity (Wildman–Crippen MR) is 114 cm³/mol. The van der Waals surface area contributed by atoms with Gasteiger partial charge in [0.15, 0.2) is 0 Å². The molecule has 0 atom stereocenters. The zero-order valence-corrected chi connectivity index (χ0v) is 22.5. The van der Waals surface area contributed by atoms with E-state index in [0.29, 0.717) is 0 Å². The largest absolute Gasteiger partial charge is 0.120 e. The maximum atomic E-state index is 2.40. The van der Waals surface area contributed by atoms with E-state index >= 15 is 0 Å². The predicted octanol–water partition coefficient (Wildman–Crippen LogP) is 7.46. The van der Waals surface area contributed by atoms with Crippen molar-refractivity contribution in [2.75, 3.05) is 0 Å². The molecule has 0 saturated heterocycles. The normalized spacial score (nSPS) is 11.2. The molecule has 27 heavy (non-hydrogen) atoms. The molecule has 0 aliphatic carbocycles. The van der Waals surface area contributed by atoms with Gasteiger partial charge in [-0.2, -0.15) is 0 Å². The summed E-state index contributed by atoms with van der Waals surface area (Å²) in [7, 11) is 0. The second-order valence-corrected chi connectivity index (χ2v) is 7.43. The van der Waals surface area contributed by atoms with Gasteiger partial charge < -0.3 is 0 Å². The van der Waals surface area contributed by atoms with E-state index in [4.69, 9.17) is 0 Å². The van der Waals surface area contributed by atoms with E-state index in [1.54, 1.807) is 0 Å². The van der Waals surface area contributed by atoms with Crippen molar-refractivity contribution in [3.05, 3.63) is 89.5 Å². The Morgan fingerprint density at radius 2 is 1.30 bits per heavy atom. The van der Waals surface area contributed by atoms with Crippen molar-refractivity contribution in [1.82, 2.24) is 0 Å². The summed E-state index contributed by atoms with van der Waals surface area (Å²) in [6.07, 6.45) is 0. The van der Waals surface area contributed by atoms with Gasteiger partial charge >= 0.3 is 0 Å². The molecule has 1 heteroatoms. The first-order valence-electron chi connectivity index (χ1n) is 9.21. The van der Waals surface area contributed by atoms with Gasteiger partial charge in [0.2, 0.25) is 0 Å². The first-order chi connectivity index (χ1) is 12.6. The summed E-state index contributed by atoms with van der Waals surface area (Å²) in [6.45, 7) is 6.58. The Morgan fingerprint density at radius 1 is 0.630 bits per heavy atom. The van der Waals surface area contributed by atoms with Crippen LogP contribution in [0.4, 0.5) is 0 Å². The van der Waals surface area contributed by atoms with Gasteiger partial charge in [-0.25, -0.2) is 0 Å². The van der Waals surface area contributed by atoms with Crippen LogP contribution in [0.3, 0.4) is 0 Å². The molecule has 5 aromatic carbocycles. The van der Waals surface area contributed by atoms with Crippen LogP contribution in [0.15, 0.2) is 72.8 Å². The Morgan fingerprint density at radius 3 is 2.04 bits per heavy atom. The Hall–Kier alpha value is -3.99. The van der Waals surface area contributed by atoms with Gasteiger partial charge in [0.1, 0.15) is 0 Å². The van der Waals surface area contributed by atoms with Gasteiger partial charge in [0.05, 0.1) is 0 Å². The van der Waals surface area contributed by atoms with Gasteiger partial charge in [-0.05, 0) is 30.4 Å². The van der Waals surface area contributed by atoms with E-state index in [1.807, 2.05) is 0 Å². The fourth-order valence-electron chi connectivity index (χ4n) is 4.26. The third kappa shape index (κ3) is 2.29. The summed E-state index contributed by atoms with van der Waals surface area (Å²) >= 11 is 0. The van der Waals surface area contributed by atoms with Gasteiger partial charge in [-0.3, -0.25) is 0 Å². The van der Waals surface area contributed by atoms with Gasteiger partial charge in [-0.15, -0.1) is 39.2 Å². The maximum absolute atomic E-state index is 2.40. The molecular formula is C26H21Rf-. The zero-order valence-electron chi connectivity index (χ0n) is 16.1. The van der Waals surface area contributed by atoms with E-state index in [9.17, 15) is 0 Å². The molecule has 0 spiro atoms. The summed E-state index contributed by atoms with van der Waals surface area (Å²) in [5, 5.41) is 8.20. The van der Waals surface area contributed by atoms with E-state index in [2.05, 4.69) is 93.6 Å². The van der Waals surface area contributed by atoms with Crippen LogP contribution in [-0.4, -0.2) is 0 Å². The van der Waals surface area contributed by atoms with Crippen LogP contribution < -0.4 is 0 Å². The van der Waals surface area contributed by atoms with Crippen molar-refractivity contribution in [3.8, 4) is 11.1 Å². The van der Waals surface area contributed by atoms with Crippen LogP contribution in [0.5, 0.6) is 0 Å². The van der Waals surface area contributed by atoms with Crippen LogP contribution >= 0.6 is 0 Å². The minimum atomic E-state index is 0. The van der Waals surface area contributed by atoms with Crippen molar-refractivity contribution in [2.24, 2.45) is 0 Å². The number of benzene rings is 4. The van der Waals surface area contributed by atoms with Crippen LogP contribution in [0.2, 0.25) is 0 Å². The quantitative estimate of drug-likeness (QED) is 0.175. The van der Waals surface area contributed by atoms with E-state index in [0.717, 1.165) is 0 Å². The zero-order chi connectivity index (χ0) is 17.8. The Balaban J connectivity index is 0.00000180. The third-order valence-corrected chi connectivity index (χ3v) is 5.66. The molecule has 0 amide bonds. The summed E-state index contributed by atoms with van der Waals surface area (Å²) < 4.78 is 0. The number of aryl methyl sites for hydroxylation is 3. The molecule has 0 radical (unpaired) electrons. The van der Waals surface area contributed by atoms with Crippen molar-refractivity contribution in [3.63, 3.8) is 0 Å². The second kappa shape index (κ2) is 5.78. The molecule has 0 heterocycles. The summed E-state index contributed by atoms with van der Waals surface area (Å²) in [4.78, 5) is 0. The molecule has 0 nitrogen and oxygen atoms in total. The van der Waals surface area contributed by atoms with E-state index < -0.39 is 0 Å². The standard InChI is InChI=1S/C26H21.Rf/c1-16-8-11-19(12-9-16)25-15-24-18(3)23-14-17(2)10-13-22(23)26(24)21-7-5-4-6-20(21)25;/h4-15H,1-3H3;/q-1;. The molecule has 0 aromatic heterocycles. The molecule has 0 aliphatic heterocycles.